The van der Waals surface area contributed by atoms with E-state index < -0.39 is 0 Å². The molecule has 0 unspecified atom stereocenters. The highest BCUT2D eigenvalue weighted by Crippen LogP contribution is 2.04. The lowest BCUT2D eigenvalue weighted by atomic mass is 10.3. The fraction of sp³-hybridized carbons (Fsp3) is 0.455. The number of aryl methyl sites for hydroxylation is 2. The van der Waals surface area contributed by atoms with Crippen LogP contribution in [0, 0.1) is 4.77 Å². The molecule has 2 aromatic rings. The van der Waals surface area contributed by atoms with Gasteiger partial charge in [-0.2, -0.15) is 5.10 Å². The van der Waals surface area contributed by atoms with E-state index in [1.54, 1.807) is 6.20 Å². The van der Waals surface area contributed by atoms with E-state index in [1.807, 2.05) is 23.1 Å². The maximum Gasteiger partial charge on any atom is 0.177 e. The van der Waals surface area contributed by atoms with Gasteiger partial charge in [-0.15, -0.1) is 0 Å². The molecule has 0 radical (unpaired) electrons. The fourth-order valence-corrected chi connectivity index (χ4v) is 2.06. The van der Waals surface area contributed by atoms with E-state index in [9.17, 15) is 0 Å². The summed E-state index contributed by atoms with van der Waals surface area (Å²) in [7, 11) is 0. The van der Waals surface area contributed by atoms with Crippen LogP contribution in [-0.2, 0) is 19.5 Å². The molecule has 0 aromatic carbocycles. The zero-order valence-electron chi connectivity index (χ0n) is 9.39. The summed E-state index contributed by atoms with van der Waals surface area (Å²) in [6, 6.07) is 1.94. The first kappa shape index (κ1) is 11.1. The number of aromatic amines is 1. The summed E-state index contributed by atoms with van der Waals surface area (Å²) in [4.78, 5) is 3.09. The van der Waals surface area contributed by atoms with Gasteiger partial charge in [0.15, 0.2) is 4.77 Å². The van der Waals surface area contributed by atoms with Crippen molar-refractivity contribution in [3.05, 3.63) is 35.1 Å². The fourth-order valence-electron chi connectivity index (χ4n) is 1.79. The van der Waals surface area contributed by atoms with Gasteiger partial charge in [0.25, 0.3) is 0 Å². The number of aromatic nitrogens is 4. The molecule has 0 saturated heterocycles. The van der Waals surface area contributed by atoms with E-state index in [1.165, 1.54) is 5.69 Å². The molecule has 5 heteroatoms. The average molecular weight is 236 g/mol. The van der Waals surface area contributed by atoms with Crippen LogP contribution in [-0.4, -0.2) is 19.3 Å². The largest absolute Gasteiger partial charge is 0.337 e. The molecule has 16 heavy (non-hydrogen) atoms. The lowest BCUT2D eigenvalue weighted by Crippen LogP contribution is -2.06. The second-order valence-electron chi connectivity index (χ2n) is 3.71. The van der Waals surface area contributed by atoms with E-state index in [0.717, 1.165) is 30.7 Å². The Morgan fingerprint density at radius 3 is 3.00 bits per heavy atom. The monoisotopic (exact) mass is 236 g/mol. The van der Waals surface area contributed by atoms with Gasteiger partial charge < -0.3 is 9.55 Å². The van der Waals surface area contributed by atoms with E-state index in [0.29, 0.717) is 0 Å². The van der Waals surface area contributed by atoms with Gasteiger partial charge in [-0.05, 0) is 31.1 Å². The third kappa shape index (κ3) is 2.41. The molecule has 0 aliphatic carbocycles. The van der Waals surface area contributed by atoms with Crippen LogP contribution in [0.1, 0.15) is 19.0 Å². The summed E-state index contributed by atoms with van der Waals surface area (Å²) in [5.41, 5.74) is 1.27. The number of hydrogen-bond donors (Lipinski definition) is 1. The molecular weight excluding hydrogens is 220 g/mol. The topological polar surface area (TPSA) is 38.5 Å². The zero-order valence-corrected chi connectivity index (χ0v) is 10.2. The first-order chi connectivity index (χ1) is 7.81. The number of imidazole rings is 1. The third-order valence-electron chi connectivity index (χ3n) is 2.64. The Bertz CT molecular complexity index is 480. The molecule has 0 bridgehead atoms. The van der Waals surface area contributed by atoms with Gasteiger partial charge in [-0.3, -0.25) is 4.68 Å². The summed E-state index contributed by atoms with van der Waals surface area (Å²) >= 11 is 5.24. The molecule has 2 rings (SSSR count). The number of hydrogen-bond acceptors (Lipinski definition) is 2. The molecule has 1 N–H and O–H groups in total. The van der Waals surface area contributed by atoms with Crippen molar-refractivity contribution in [3.63, 3.8) is 0 Å². The molecule has 2 aromatic heterocycles. The Labute approximate surface area is 99.9 Å². The lowest BCUT2D eigenvalue weighted by molar-refractivity contribution is 0.517. The number of nitrogens with zero attached hydrogens (tertiary/aromatic N) is 3. The SMILES string of the molecule is CCc1c[nH]c(=S)n1CCCn1cccn1. The number of nitrogens with one attached hydrogen (secondary N) is 1. The quantitative estimate of drug-likeness (QED) is 0.810. The standard InChI is InChI=1S/C11H16N4S/c1-2-10-9-12-11(16)15(10)8-4-7-14-6-3-5-13-14/h3,5-6,9H,2,4,7-8H2,1H3,(H,12,16). The van der Waals surface area contributed by atoms with Crippen LogP contribution in [0.3, 0.4) is 0 Å². The zero-order chi connectivity index (χ0) is 11.4. The number of rotatable bonds is 5. The summed E-state index contributed by atoms with van der Waals surface area (Å²) in [6.07, 6.45) is 7.84. The van der Waals surface area contributed by atoms with Crippen molar-refractivity contribution in [2.45, 2.75) is 32.9 Å². The minimum absolute atomic E-state index is 0.817. The highest BCUT2D eigenvalue weighted by molar-refractivity contribution is 7.71. The van der Waals surface area contributed by atoms with Crippen molar-refractivity contribution in [2.75, 3.05) is 0 Å². The second kappa shape index (κ2) is 5.12. The van der Waals surface area contributed by atoms with Crippen LogP contribution >= 0.6 is 12.2 Å². The highest BCUT2D eigenvalue weighted by Gasteiger charge is 2.01. The average Bonchev–Trinajstić information content (AvgIpc) is 2.90. The Morgan fingerprint density at radius 1 is 1.44 bits per heavy atom. The lowest BCUT2D eigenvalue weighted by Gasteiger charge is -2.06. The first-order valence-corrected chi connectivity index (χ1v) is 5.96. The van der Waals surface area contributed by atoms with Gasteiger partial charge in [0.05, 0.1) is 0 Å². The van der Waals surface area contributed by atoms with Gasteiger partial charge in [0.2, 0.25) is 0 Å². The third-order valence-corrected chi connectivity index (χ3v) is 2.98. The van der Waals surface area contributed by atoms with Gasteiger partial charge in [-0.25, -0.2) is 0 Å². The van der Waals surface area contributed by atoms with Crippen LogP contribution in [0.15, 0.2) is 24.7 Å². The van der Waals surface area contributed by atoms with Crippen molar-refractivity contribution >= 4 is 12.2 Å². The van der Waals surface area contributed by atoms with Crippen molar-refractivity contribution in [2.24, 2.45) is 0 Å². The van der Waals surface area contributed by atoms with E-state index in [4.69, 9.17) is 12.2 Å². The highest BCUT2D eigenvalue weighted by atomic mass is 32.1. The minimum Gasteiger partial charge on any atom is -0.337 e. The second-order valence-corrected chi connectivity index (χ2v) is 4.10. The molecule has 0 saturated carbocycles. The predicted octanol–water partition coefficient (Wildman–Crippen LogP) is 2.39. The molecule has 0 aliphatic heterocycles. The van der Waals surface area contributed by atoms with E-state index >= 15 is 0 Å². The molecule has 0 fully saturated rings. The molecule has 0 amide bonds. The molecular formula is C11H16N4S. The predicted molar refractivity (Wildman–Crippen MR) is 65.8 cm³/mol. The normalized spacial score (nSPS) is 10.8. The minimum atomic E-state index is 0.817. The summed E-state index contributed by atoms with van der Waals surface area (Å²) in [5, 5.41) is 4.17. The summed E-state index contributed by atoms with van der Waals surface area (Å²) in [6.45, 7) is 4.02. The Hall–Kier alpha value is -1.36. The molecule has 2 heterocycles. The van der Waals surface area contributed by atoms with Gasteiger partial charge in [0, 0.05) is 37.4 Å². The Balaban J connectivity index is 1.94. The Morgan fingerprint density at radius 2 is 2.31 bits per heavy atom. The summed E-state index contributed by atoms with van der Waals surface area (Å²) in [5.74, 6) is 0. The number of H-pyrrole nitrogens is 1. The first-order valence-electron chi connectivity index (χ1n) is 5.55. The van der Waals surface area contributed by atoms with E-state index in [2.05, 4.69) is 21.6 Å². The van der Waals surface area contributed by atoms with E-state index in [-0.39, 0.29) is 0 Å². The van der Waals surface area contributed by atoms with Crippen LogP contribution < -0.4 is 0 Å². The van der Waals surface area contributed by atoms with Gasteiger partial charge >= 0.3 is 0 Å². The summed E-state index contributed by atoms with van der Waals surface area (Å²) < 4.78 is 4.93. The molecule has 4 nitrogen and oxygen atoms in total. The van der Waals surface area contributed by atoms with Crippen molar-refractivity contribution in [1.82, 2.24) is 19.3 Å². The van der Waals surface area contributed by atoms with Crippen molar-refractivity contribution in [3.8, 4) is 0 Å². The van der Waals surface area contributed by atoms with Crippen LogP contribution in [0.4, 0.5) is 0 Å². The Kier molecular flexibility index (Phi) is 3.56. The van der Waals surface area contributed by atoms with Gasteiger partial charge in [-0.1, -0.05) is 6.92 Å². The molecule has 86 valence electrons. The van der Waals surface area contributed by atoms with Crippen LogP contribution in [0.2, 0.25) is 0 Å². The molecule has 0 spiro atoms. The smallest absolute Gasteiger partial charge is 0.177 e. The van der Waals surface area contributed by atoms with Crippen LogP contribution in [0.25, 0.3) is 0 Å². The van der Waals surface area contributed by atoms with Crippen LogP contribution in [0.5, 0.6) is 0 Å². The van der Waals surface area contributed by atoms with Crippen molar-refractivity contribution < 1.29 is 0 Å². The van der Waals surface area contributed by atoms with Gasteiger partial charge in [0.1, 0.15) is 0 Å². The molecule has 0 atom stereocenters. The molecule has 0 aliphatic rings. The maximum atomic E-state index is 5.24. The maximum absolute atomic E-state index is 5.24. The van der Waals surface area contributed by atoms with Crippen molar-refractivity contribution in [1.29, 1.82) is 0 Å².